The normalized spacial score (nSPS) is 11.0. The zero-order chi connectivity index (χ0) is 20.1. The number of hydrogen-bond acceptors (Lipinski definition) is 3. The summed E-state index contributed by atoms with van der Waals surface area (Å²) in [6.45, 7) is 6.36. The highest BCUT2D eigenvalue weighted by Gasteiger charge is 2.15. The van der Waals surface area contributed by atoms with Crippen molar-refractivity contribution >= 4 is 17.6 Å². The molecule has 3 rings (SSSR count). The number of carbonyl (C=O) groups excluding carboxylic acids is 2. The largest absolute Gasteiger partial charge is 0.423 e. The summed E-state index contributed by atoms with van der Waals surface area (Å²) in [5.41, 5.74) is 2.87. The molecule has 4 heteroatoms. The average molecular weight is 373 g/mol. The van der Waals surface area contributed by atoms with Gasteiger partial charge in [-0.25, -0.2) is 4.79 Å². The Morgan fingerprint density at radius 1 is 0.750 bits per heavy atom. The van der Waals surface area contributed by atoms with Crippen molar-refractivity contribution in [3.63, 3.8) is 0 Å². The van der Waals surface area contributed by atoms with Gasteiger partial charge in [-0.2, -0.15) is 0 Å². The molecule has 1 N–H and O–H groups in total. The Kier molecular flexibility index (Phi) is 5.59. The van der Waals surface area contributed by atoms with E-state index in [0.717, 1.165) is 11.3 Å². The molecule has 0 saturated carbocycles. The highest BCUT2D eigenvalue weighted by Crippen LogP contribution is 2.23. The van der Waals surface area contributed by atoms with Crippen LogP contribution in [0, 0.1) is 0 Å². The summed E-state index contributed by atoms with van der Waals surface area (Å²) in [6, 6.07) is 23.1. The zero-order valence-corrected chi connectivity index (χ0v) is 16.2. The van der Waals surface area contributed by atoms with Gasteiger partial charge in [-0.3, -0.25) is 4.79 Å². The van der Waals surface area contributed by atoms with E-state index in [9.17, 15) is 9.59 Å². The Morgan fingerprint density at radius 2 is 1.32 bits per heavy atom. The second-order valence-corrected chi connectivity index (χ2v) is 7.56. The molecule has 142 valence electrons. The van der Waals surface area contributed by atoms with Crippen molar-refractivity contribution in [2.24, 2.45) is 0 Å². The minimum atomic E-state index is -0.429. The van der Waals surface area contributed by atoms with Crippen LogP contribution in [0.25, 0.3) is 0 Å². The molecule has 0 fully saturated rings. The minimum absolute atomic E-state index is 0.0264. The molecule has 3 aromatic carbocycles. The number of rotatable bonds is 4. The first-order valence-corrected chi connectivity index (χ1v) is 9.12. The summed E-state index contributed by atoms with van der Waals surface area (Å²) in [5.74, 6) is -0.259. The van der Waals surface area contributed by atoms with Gasteiger partial charge >= 0.3 is 5.97 Å². The fourth-order valence-electron chi connectivity index (χ4n) is 2.67. The molecule has 0 atom stereocenters. The Labute approximate surface area is 165 Å². The molecule has 0 bridgehead atoms. The van der Waals surface area contributed by atoms with Crippen molar-refractivity contribution in [1.29, 1.82) is 0 Å². The van der Waals surface area contributed by atoms with Crippen LogP contribution >= 0.6 is 0 Å². The first kappa shape index (κ1) is 19.4. The van der Waals surface area contributed by atoms with E-state index < -0.39 is 5.97 Å². The minimum Gasteiger partial charge on any atom is -0.423 e. The van der Waals surface area contributed by atoms with Crippen LogP contribution in [0.5, 0.6) is 5.75 Å². The summed E-state index contributed by atoms with van der Waals surface area (Å²) in [7, 11) is 0. The number of nitrogens with one attached hydrogen (secondary N) is 1. The quantitative estimate of drug-likeness (QED) is 0.488. The van der Waals surface area contributed by atoms with Crippen LogP contribution in [0.15, 0.2) is 78.9 Å². The highest BCUT2D eigenvalue weighted by atomic mass is 16.5. The van der Waals surface area contributed by atoms with Gasteiger partial charge in [-0.15, -0.1) is 0 Å². The average Bonchev–Trinajstić information content (AvgIpc) is 2.68. The molecule has 28 heavy (non-hydrogen) atoms. The van der Waals surface area contributed by atoms with Crippen molar-refractivity contribution in [2.45, 2.75) is 26.2 Å². The number of esters is 1. The monoisotopic (exact) mass is 373 g/mol. The smallest absolute Gasteiger partial charge is 0.343 e. The first-order chi connectivity index (χ1) is 13.3. The second kappa shape index (κ2) is 8.09. The van der Waals surface area contributed by atoms with Crippen LogP contribution < -0.4 is 10.1 Å². The number of anilines is 1. The van der Waals surface area contributed by atoms with Crippen LogP contribution in [-0.4, -0.2) is 11.9 Å². The maximum atomic E-state index is 12.3. The molecule has 3 aromatic rings. The van der Waals surface area contributed by atoms with E-state index in [2.05, 4.69) is 26.1 Å². The first-order valence-electron chi connectivity index (χ1n) is 9.12. The Balaban J connectivity index is 1.63. The van der Waals surface area contributed by atoms with Gasteiger partial charge in [-0.05, 0) is 59.5 Å². The van der Waals surface area contributed by atoms with E-state index in [4.69, 9.17) is 4.74 Å². The van der Waals surface area contributed by atoms with Gasteiger partial charge < -0.3 is 10.1 Å². The van der Waals surface area contributed by atoms with Crippen molar-refractivity contribution < 1.29 is 14.3 Å². The topological polar surface area (TPSA) is 55.4 Å². The molecular weight excluding hydrogens is 350 g/mol. The van der Waals surface area contributed by atoms with Gasteiger partial charge in [-0.1, -0.05) is 51.1 Å². The number of carbonyl (C=O) groups is 2. The van der Waals surface area contributed by atoms with Gasteiger partial charge in [0.1, 0.15) is 5.75 Å². The summed E-state index contributed by atoms with van der Waals surface area (Å²) >= 11 is 0. The third-order valence-corrected chi connectivity index (χ3v) is 4.35. The van der Waals surface area contributed by atoms with Crippen molar-refractivity contribution in [2.75, 3.05) is 5.32 Å². The lowest BCUT2D eigenvalue weighted by Crippen LogP contribution is -2.13. The van der Waals surface area contributed by atoms with Gasteiger partial charge in [0.25, 0.3) is 5.91 Å². The second-order valence-electron chi connectivity index (χ2n) is 7.56. The van der Waals surface area contributed by atoms with Crippen molar-refractivity contribution in [3.8, 4) is 5.75 Å². The van der Waals surface area contributed by atoms with Crippen LogP contribution in [0.2, 0.25) is 0 Å². The number of ether oxygens (including phenoxy) is 1. The fraction of sp³-hybridized carbons (Fsp3) is 0.167. The summed E-state index contributed by atoms with van der Waals surface area (Å²) in [5, 5.41) is 2.81. The molecule has 0 aliphatic carbocycles. The van der Waals surface area contributed by atoms with Crippen molar-refractivity contribution in [1.82, 2.24) is 0 Å². The summed E-state index contributed by atoms with van der Waals surface area (Å²) in [6.07, 6.45) is 0. The highest BCUT2D eigenvalue weighted by molar-refractivity contribution is 6.04. The zero-order valence-electron chi connectivity index (χ0n) is 16.2. The Morgan fingerprint density at radius 3 is 1.89 bits per heavy atom. The molecule has 1 amide bonds. The van der Waals surface area contributed by atoms with E-state index >= 15 is 0 Å². The van der Waals surface area contributed by atoms with Crippen molar-refractivity contribution in [3.05, 3.63) is 95.6 Å². The van der Waals surface area contributed by atoms with E-state index in [1.807, 2.05) is 42.5 Å². The number of benzene rings is 3. The predicted octanol–water partition coefficient (Wildman–Crippen LogP) is 5.46. The van der Waals surface area contributed by atoms with Gasteiger partial charge in [0.05, 0.1) is 5.56 Å². The van der Waals surface area contributed by atoms with E-state index in [1.54, 1.807) is 36.4 Å². The van der Waals surface area contributed by atoms with Gasteiger partial charge in [0.2, 0.25) is 0 Å². The third-order valence-electron chi connectivity index (χ3n) is 4.35. The van der Waals surface area contributed by atoms with E-state index in [-0.39, 0.29) is 11.3 Å². The molecule has 0 radical (unpaired) electrons. The molecule has 0 aromatic heterocycles. The van der Waals surface area contributed by atoms with Gasteiger partial charge in [0.15, 0.2) is 0 Å². The van der Waals surface area contributed by atoms with E-state index in [0.29, 0.717) is 16.9 Å². The number of hydrogen-bond donors (Lipinski definition) is 1. The third kappa shape index (κ3) is 4.86. The lowest BCUT2D eigenvalue weighted by molar-refractivity contribution is 0.0734. The maximum Gasteiger partial charge on any atom is 0.343 e. The Hall–Kier alpha value is -3.40. The maximum absolute atomic E-state index is 12.3. The molecular formula is C24H23NO3. The molecule has 0 spiro atoms. The number of para-hydroxylation sites is 1. The van der Waals surface area contributed by atoms with Crippen LogP contribution in [0.1, 0.15) is 47.1 Å². The fourth-order valence-corrected chi connectivity index (χ4v) is 2.67. The molecule has 4 nitrogen and oxygen atoms in total. The van der Waals surface area contributed by atoms with Crippen LogP contribution in [0.3, 0.4) is 0 Å². The lowest BCUT2D eigenvalue weighted by Gasteiger charge is -2.18. The molecule has 0 aliphatic rings. The van der Waals surface area contributed by atoms with Crippen LogP contribution in [-0.2, 0) is 5.41 Å². The molecule has 0 aliphatic heterocycles. The van der Waals surface area contributed by atoms with Gasteiger partial charge in [0, 0.05) is 11.3 Å². The summed E-state index contributed by atoms with van der Waals surface area (Å²) in [4.78, 5) is 24.6. The van der Waals surface area contributed by atoms with Crippen LogP contribution in [0.4, 0.5) is 5.69 Å². The Bertz CT molecular complexity index is 953. The summed E-state index contributed by atoms with van der Waals surface area (Å²) < 4.78 is 5.41. The number of amides is 1. The SMILES string of the molecule is CC(C)(C)c1ccc(C(=O)Oc2ccc(C(=O)Nc3ccccc3)cc2)cc1. The molecule has 0 saturated heterocycles. The standard InChI is InChI=1S/C24H23NO3/c1-24(2,3)19-13-9-18(10-14-19)23(27)28-21-15-11-17(12-16-21)22(26)25-20-7-5-4-6-8-20/h4-16H,1-3H3,(H,25,26). The van der Waals surface area contributed by atoms with E-state index in [1.165, 1.54) is 0 Å². The predicted molar refractivity (Wildman–Crippen MR) is 111 cm³/mol. The lowest BCUT2D eigenvalue weighted by atomic mass is 9.87. The molecule has 0 unspecified atom stereocenters. The molecule has 0 heterocycles.